The van der Waals surface area contributed by atoms with Crippen molar-refractivity contribution in [3.8, 4) is 0 Å². The predicted octanol–water partition coefficient (Wildman–Crippen LogP) is 2.23. The van der Waals surface area contributed by atoms with Crippen LogP contribution in [0.1, 0.15) is 18.5 Å². The van der Waals surface area contributed by atoms with Gasteiger partial charge >= 0.3 is 0 Å². The lowest BCUT2D eigenvalue weighted by atomic mass is 10.1. The summed E-state index contributed by atoms with van der Waals surface area (Å²) in [6, 6.07) is 12.2. The summed E-state index contributed by atoms with van der Waals surface area (Å²) in [7, 11) is 0. The highest BCUT2D eigenvalue weighted by Gasteiger charge is 2.05. The molecule has 16 heavy (non-hydrogen) atoms. The number of nitrogens with two attached hydrogens (primary N) is 1. The molecule has 0 fully saturated rings. The third-order valence-corrected chi connectivity index (χ3v) is 2.34. The molecule has 0 aliphatic carbocycles. The second-order valence-corrected chi connectivity index (χ2v) is 3.58. The number of anilines is 2. The fourth-order valence-corrected chi connectivity index (χ4v) is 1.50. The van der Waals surface area contributed by atoms with Gasteiger partial charge in [-0.15, -0.1) is 0 Å². The Labute approximate surface area is 94.5 Å². The molecule has 2 aromatic rings. The van der Waals surface area contributed by atoms with Gasteiger partial charge in [0.2, 0.25) is 5.95 Å². The quantitative estimate of drug-likeness (QED) is 0.822. The Morgan fingerprint density at radius 1 is 1.19 bits per heavy atom. The molecule has 0 spiro atoms. The van der Waals surface area contributed by atoms with Crippen molar-refractivity contribution < 1.29 is 0 Å². The number of aromatic nitrogens is 2. The fourth-order valence-electron chi connectivity index (χ4n) is 1.50. The van der Waals surface area contributed by atoms with E-state index >= 15 is 0 Å². The zero-order chi connectivity index (χ0) is 11.4. The van der Waals surface area contributed by atoms with Gasteiger partial charge in [0.25, 0.3) is 0 Å². The molecule has 1 aromatic heterocycles. The number of nitrogens with zero attached hydrogens (tertiary/aromatic N) is 2. The van der Waals surface area contributed by atoms with Crippen molar-refractivity contribution in [1.82, 2.24) is 9.97 Å². The van der Waals surface area contributed by atoms with E-state index in [-0.39, 0.29) is 12.0 Å². The lowest BCUT2D eigenvalue weighted by Gasteiger charge is -2.14. The van der Waals surface area contributed by atoms with Crippen LogP contribution in [0.4, 0.5) is 11.8 Å². The van der Waals surface area contributed by atoms with Crippen LogP contribution in [0.15, 0.2) is 42.6 Å². The SMILES string of the molecule is CC(Nc1ccnc(N)n1)c1ccccc1. The first kappa shape index (κ1) is 10.4. The van der Waals surface area contributed by atoms with Crippen LogP contribution >= 0.6 is 0 Å². The van der Waals surface area contributed by atoms with E-state index in [2.05, 4.69) is 34.3 Å². The topological polar surface area (TPSA) is 63.8 Å². The third kappa shape index (κ3) is 2.48. The summed E-state index contributed by atoms with van der Waals surface area (Å²) in [5.74, 6) is 1.02. The molecular formula is C12H14N4. The van der Waals surface area contributed by atoms with Crippen LogP contribution in [0.5, 0.6) is 0 Å². The number of hydrogen-bond donors (Lipinski definition) is 2. The monoisotopic (exact) mass is 214 g/mol. The fraction of sp³-hybridized carbons (Fsp3) is 0.167. The summed E-state index contributed by atoms with van der Waals surface area (Å²) in [6.45, 7) is 2.08. The highest BCUT2D eigenvalue weighted by molar-refractivity contribution is 5.40. The van der Waals surface area contributed by atoms with E-state index in [0.29, 0.717) is 0 Å². The second-order valence-electron chi connectivity index (χ2n) is 3.58. The number of benzene rings is 1. The number of nitrogen functional groups attached to an aromatic ring is 1. The number of hydrogen-bond acceptors (Lipinski definition) is 4. The van der Waals surface area contributed by atoms with Gasteiger partial charge in [-0.05, 0) is 18.6 Å². The average molecular weight is 214 g/mol. The molecule has 82 valence electrons. The van der Waals surface area contributed by atoms with Gasteiger partial charge in [0.1, 0.15) is 5.82 Å². The molecule has 1 aromatic carbocycles. The first-order valence-corrected chi connectivity index (χ1v) is 5.16. The van der Waals surface area contributed by atoms with Crippen LogP contribution in [-0.2, 0) is 0 Å². The van der Waals surface area contributed by atoms with Gasteiger partial charge in [-0.3, -0.25) is 0 Å². The lowest BCUT2D eigenvalue weighted by Crippen LogP contribution is -2.08. The van der Waals surface area contributed by atoms with E-state index in [4.69, 9.17) is 5.73 Å². The number of rotatable bonds is 3. The minimum absolute atomic E-state index is 0.190. The van der Waals surface area contributed by atoms with E-state index in [1.807, 2.05) is 18.2 Å². The summed E-state index contributed by atoms with van der Waals surface area (Å²) in [5.41, 5.74) is 6.72. The van der Waals surface area contributed by atoms with Crippen molar-refractivity contribution in [2.24, 2.45) is 0 Å². The second kappa shape index (κ2) is 4.61. The molecule has 0 amide bonds. The van der Waals surface area contributed by atoms with Gasteiger partial charge in [-0.2, -0.15) is 4.98 Å². The van der Waals surface area contributed by atoms with Crippen LogP contribution in [0.2, 0.25) is 0 Å². The van der Waals surface area contributed by atoms with E-state index in [9.17, 15) is 0 Å². The average Bonchev–Trinajstić information content (AvgIpc) is 2.30. The molecule has 4 nitrogen and oxygen atoms in total. The molecule has 0 radical (unpaired) electrons. The van der Waals surface area contributed by atoms with E-state index < -0.39 is 0 Å². The molecule has 1 atom stereocenters. The van der Waals surface area contributed by atoms with Gasteiger partial charge in [0.15, 0.2) is 0 Å². The van der Waals surface area contributed by atoms with Crippen molar-refractivity contribution in [2.75, 3.05) is 11.1 Å². The van der Waals surface area contributed by atoms with Gasteiger partial charge in [0.05, 0.1) is 0 Å². The van der Waals surface area contributed by atoms with E-state index in [1.165, 1.54) is 5.56 Å². The zero-order valence-corrected chi connectivity index (χ0v) is 9.09. The third-order valence-electron chi connectivity index (χ3n) is 2.34. The van der Waals surface area contributed by atoms with Crippen molar-refractivity contribution in [1.29, 1.82) is 0 Å². The van der Waals surface area contributed by atoms with E-state index in [0.717, 1.165) is 5.82 Å². The Hall–Kier alpha value is -2.10. The molecule has 1 heterocycles. The molecule has 0 saturated carbocycles. The Bertz CT molecular complexity index is 456. The summed E-state index contributed by atoms with van der Waals surface area (Å²) in [6.07, 6.45) is 1.64. The van der Waals surface area contributed by atoms with Gasteiger partial charge in [-0.25, -0.2) is 4.98 Å². The first-order chi connectivity index (χ1) is 7.75. The maximum Gasteiger partial charge on any atom is 0.221 e. The summed E-state index contributed by atoms with van der Waals surface area (Å²) >= 11 is 0. The smallest absolute Gasteiger partial charge is 0.221 e. The summed E-state index contributed by atoms with van der Waals surface area (Å²) < 4.78 is 0. The standard InChI is InChI=1S/C12H14N4/c1-9(10-5-3-2-4-6-10)15-11-7-8-14-12(13)16-11/h2-9H,1H3,(H3,13,14,15,16). The van der Waals surface area contributed by atoms with Crippen LogP contribution < -0.4 is 11.1 Å². The van der Waals surface area contributed by atoms with E-state index in [1.54, 1.807) is 12.3 Å². The van der Waals surface area contributed by atoms with Crippen LogP contribution in [0, 0.1) is 0 Å². The van der Waals surface area contributed by atoms with Crippen LogP contribution in [0.25, 0.3) is 0 Å². The van der Waals surface area contributed by atoms with Gasteiger partial charge in [-0.1, -0.05) is 30.3 Å². The number of nitrogens with one attached hydrogen (secondary N) is 1. The van der Waals surface area contributed by atoms with Crippen molar-refractivity contribution >= 4 is 11.8 Å². The Morgan fingerprint density at radius 2 is 1.94 bits per heavy atom. The van der Waals surface area contributed by atoms with Crippen molar-refractivity contribution in [3.63, 3.8) is 0 Å². The maximum absolute atomic E-state index is 5.51. The normalized spacial score (nSPS) is 12.1. The van der Waals surface area contributed by atoms with Gasteiger partial charge < -0.3 is 11.1 Å². The zero-order valence-electron chi connectivity index (χ0n) is 9.09. The Kier molecular flexibility index (Phi) is 3.00. The molecule has 0 saturated heterocycles. The largest absolute Gasteiger partial charge is 0.368 e. The van der Waals surface area contributed by atoms with Gasteiger partial charge in [0, 0.05) is 12.2 Å². The molecule has 2 rings (SSSR count). The highest BCUT2D eigenvalue weighted by atomic mass is 15.1. The predicted molar refractivity (Wildman–Crippen MR) is 64.9 cm³/mol. The Morgan fingerprint density at radius 3 is 2.62 bits per heavy atom. The minimum Gasteiger partial charge on any atom is -0.368 e. The Balaban J connectivity index is 2.11. The molecule has 1 unspecified atom stereocenters. The van der Waals surface area contributed by atoms with Crippen LogP contribution in [0.3, 0.4) is 0 Å². The molecule has 4 heteroatoms. The molecule has 0 bridgehead atoms. The van der Waals surface area contributed by atoms with Crippen molar-refractivity contribution in [3.05, 3.63) is 48.2 Å². The highest BCUT2D eigenvalue weighted by Crippen LogP contribution is 2.17. The first-order valence-electron chi connectivity index (χ1n) is 5.16. The molecule has 0 aliphatic heterocycles. The minimum atomic E-state index is 0.190. The van der Waals surface area contributed by atoms with Crippen LogP contribution in [-0.4, -0.2) is 9.97 Å². The summed E-state index contributed by atoms with van der Waals surface area (Å²) in [5, 5.41) is 3.27. The lowest BCUT2D eigenvalue weighted by molar-refractivity contribution is 0.873. The molecule has 3 N–H and O–H groups in total. The summed E-state index contributed by atoms with van der Waals surface area (Å²) in [4.78, 5) is 7.94. The maximum atomic E-state index is 5.51. The van der Waals surface area contributed by atoms with Crippen molar-refractivity contribution in [2.45, 2.75) is 13.0 Å². The molecule has 0 aliphatic rings. The molecular weight excluding hydrogens is 200 g/mol.